The molecule has 0 saturated carbocycles. The van der Waals surface area contributed by atoms with Crippen LogP contribution < -0.4 is 4.74 Å². The van der Waals surface area contributed by atoms with Gasteiger partial charge in [0.1, 0.15) is 11.5 Å². The van der Waals surface area contributed by atoms with Gasteiger partial charge >= 0.3 is 5.97 Å². The Morgan fingerprint density at radius 1 is 1.23 bits per heavy atom. The second-order valence-electron chi connectivity index (χ2n) is 7.54. The number of rotatable bonds is 12. The first-order chi connectivity index (χ1) is 15.0. The summed E-state index contributed by atoms with van der Waals surface area (Å²) in [5, 5.41) is 12.4. The average molecular weight is 446 g/mol. The first-order valence-corrected chi connectivity index (χ1v) is 11.8. The lowest BCUT2D eigenvalue weighted by atomic mass is 10.0. The number of aromatic nitrogens is 1. The fraction of sp³-hybridized carbons (Fsp3) is 0.500. The molecular weight excluding hydrogens is 414 g/mol. The van der Waals surface area contributed by atoms with Gasteiger partial charge in [0.15, 0.2) is 12.0 Å². The molecule has 168 valence electrons. The van der Waals surface area contributed by atoms with Crippen LogP contribution in [0.25, 0.3) is 10.1 Å². The van der Waals surface area contributed by atoms with Gasteiger partial charge in [-0.2, -0.15) is 0 Å². The quantitative estimate of drug-likeness (QED) is 0.382. The van der Waals surface area contributed by atoms with E-state index in [9.17, 15) is 9.90 Å². The van der Waals surface area contributed by atoms with Crippen molar-refractivity contribution in [1.82, 2.24) is 4.98 Å². The van der Waals surface area contributed by atoms with E-state index >= 15 is 0 Å². The highest BCUT2D eigenvalue weighted by atomic mass is 32.1. The number of benzene rings is 1. The first kappa shape index (κ1) is 23.3. The van der Waals surface area contributed by atoms with Gasteiger partial charge in [0, 0.05) is 35.5 Å². The van der Waals surface area contributed by atoms with E-state index in [4.69, 9.17) is 18.9 Å². The number of oxazole rings is 1. The van der Waals surface area contributed by atoms with Crippen LogP contribution in [0.2, 0.25) is 0 Å². The molecule has 3 rings (SSSR count). The number of hydrogen-bond donors (Lipinski definition) is 1. The van der Waals surface area contributed by atoms with E-state index in [2.05, 4.69) is 13.8 Å². The number of aliphatic carboxylic acids is 1. The SMILES string of the molecule is CCOC(Cc1ccc(OCCc2nc(C(CC)CC)oc2C)c2ccsc12)C(=O)O. The summed E-state index contributed by atoms with van der Waals surface area (Å²) in [4.78, 5) is 16.2. The summed E-state index contributed by atoms with van der Waals surface area (Å²) in [5.41, 5.74) is 1.90. The number of carboxylic acids is 1. The van der Waals surface area contributed by atoms with Crippen LogP contribution in [0, 0.1) is 6.92 Å². The summed E-state index contributed by atoms with van der Waals surface area (Å²) < 4.78 is 18.4. The number of ether oxygens (including phenoxy) is 2. The van der Waals surface area contributed by atoms with Crippen LogP contribution in [0.1, 0.15) is 62.4 Å². The minimum Gasteiger partial charge on any atom is -0.493 e. The molecule has 0 radical (unpaired) electrons. The predicted molar refractivity (Wildman–Crippen MR) is 122 cm³/mol. The van der Waals surface area contributed by atoms with E-state index in [-0.39, 0.29) is 0 Å². The van der Waals surface area contributed by atoms with Gasteiger partial charge in [-0.15, -0.1) is 11.3 Å². The minimum atomic E-state index is -0.942. The molecule has 0 amide bonds. The molecule has 0 aliphatic carbocycles. The van der Waals surface area contributed by atoms with Gasteiger partial charge in [-0.25, -0.2) is 9.78 Å². The number of fused-ring (bicyclic) bond motifs is 1. The van der Waals surface area contributed by atoms with Gasteiger partial charge in [0.05, 0.1) is 12.3 Å². The zero-order valence-corrected chi connectivity index (χ0v) is 19.5. The molecule has 6 nitrogen and oxygen atoms in total. The molecule has 0 aliphatic rings. The van der Waals surface area contributed by atoms with E-state index in [0.717, 1.165) is 51.6 Å². The molecule has 1 aromatic carbocycles. The maximum absolute atomic E-state index is 11.5. The lowest BCUT2D eigenvalue weighted by Crippen LogP contribution is -2.26. The molecule has 2 heterocycles. The van der Waals surface area contributed by atoms with Crippen molar-refractivity contribution in [2.45, 2.75) is 65.4 Å². The van der Waals surface area contributed by atoms with Crippen LogP contribution in [0.5, 0.6) is 5.75 Å². The lowest BCUT2D eigenvalue weighted by molar-refractivity contribution is -0.149. The van der Waals surface area contributed by atoms with E-state index in [1.165, 1.54) is 0 Å². The monoisotopic (exact) mass is 445 g/mol. The molecule has 3 aromatic rings. The van der Waals surface area contributed by atoms with Gasteiger partial charge in [0.2, 0.25) is 0 Å². The van der Waals surface area contributed by atoms with Crippen molar-refractivity contribution in [3.8, 4) is 5.75 Å². The Balaban J connectivity index is 1.70. The second-order valence-corrected chi connectivity index (χ2v) is 8.46. The largest absolute Gasteiger partial charge is 0.493 e. The third-order valence-electron chi connectivity index (χ3n) is 5.55. The van der Waals surface area contributed by atoms with Crippen molar-refractivity contribution in [1.29, 1.82) is 0 Å². The number of aryl methyl sites for hydroxylation is 1. The van der Waals surface area contributed by atoms with Crippen molar-refractivity contribution < 1.29 is 23.8 Å². The Morgan fingerprint density at radius 2 is 2.00 bits per heavy atom. The van der Waals surface area contributed by atoms with Gasteiger partial charge in [-0.05, 0) is 49.8 Å². The summed E-state index contributed by atoms with van der Waals surface area (Å²) in [6, 6.07) is 5.87. The van der Waals surface area contributed by atoms with Crippen molar-refractivity contribution >= 4 is 27.4 Å². The van der Waals surface area contributed by atoms with Crippen LogP contribution in [0.15, 0.2) is 28.0 Å². The zero-order valence-electron chi connectivity index (χ0n) is 18.6. The number of thiophene rings is 1. The van der Waals surface area contributed by atoms with Crippen LogP contribution in [-0.2, 0) is 22.4 Å². The maximum Gasteiger partial charge on any atom is 0.333 e. The highest BCUT2D eigenvalue weighted by molar-refractivity contribution is 7.17. The number of hydrogen-bond acceptors (Lipinski definition) is 6. The van der Waals surface area contributed by atoms with E-state index < -0.39 is 12.1 Å². The van der Waals surface area contributed by atoms with Gasteiger partial charge < -0.3 is 19.0 Å². The Bertz CT molecular complexity index is 1000. The zero-order chi connectivity index (χ0) is 22.4. The average Bonchev–Trinajstić information content (AvgIpc) is 3.37. The molecule has 7 heteroatoms. The van der Waals surface area contributed by atoms with E-state index in [1.807, 2.05) is 30.5 Å². The molecule has 0 spiro atoms. The summed E-state index contributed by atoms with van der Waals surface area (Å²) in [7, 11) is 0. The third kappa shape index (κ3) is 5.46. The normalized spacial score (nSPS) is 12.5. The summed E-state index contributed by atoms with van der Waals surface area (Å²) >= 11 is 1.59. The summed E-state index contributed by atoms with van der Waals surface area (Å²) in [6.45, 7) is 8.93. The van der Waals surface area contributed by atoms with Gasteiger partial charge in [-0.3, -0.25) is 0 Å². The van der Waals surface area contributed by atoms with Crippen molar-refractivity contribution in [2.24, 2.45) is 0 Å². The molecule has 0 saturated heterocycles. The topological polar surface area (TPSA) is 81.8 Å². The van der Waals surface area contributed by atoms with E-state index in [0.29, 0.717) is 32.0 Å². The number of carboxylic acid groups (broad SMARTS) is 1. The van der Waals surface area contributed by atoms with Gasteiger partial charge in [-0.1, -0.05) is 19.9 Å². The summed E-state index contributed by atoms with van der Waals surface area (Å²) in [6.07, 6.45) is 2.19. The fourth-order valence-corrected chi connectivity index (χ4v) is 4.69. The smallest absolute Gasteiger partial charge is 0.333 e. The van der Waals surface area contributed by atoms with Crippen molar-refractivity contribution in [2.75, 3.05) is 13.2 Å². The minimum absolute atomic E-state index is 0.331. The molecular formula is C24H31NO5S. The van der Waals surface area contributed by atoms with Crippen LogP contribution in [0.4, 0.5) is 0 Å². The van der Waals surface area contributed by atoms with E-state index in [1.54, 1.807) is 18.3 Å². The predicted octanol–water partition coefficient (Wildman–Crippen LogP) is 5.76. The molecule has 0 aliphatic heterocycles. The molecule has 1 unspecified atom stereocenters. The molecule has 0 fully saturated rings. The molecule has 0 bridgehead atoms. The van der Waals surface area contributed by atoms with Crippen LogP contribution in [-0.4, -0.2) is 35.4 Å². The fourth-order valence-electron chi connectivity index (χ4n) is 3.75. The Kier molecular flexibility index (Phi) is 8.09. The number of nitrogens with zero attached hydrogens (tertiary/aromatic N) is 1. The standard InChI is InChI=1S/C24H31NO5S/c1-5-16(6-2)23-25-19(15(4)30-23)10-12-29-20-9-8-17(22-18(20)11-13-31-22)14-21(24(26)27)28-7-3/h8-9,11,13,16,21H,5-7,10,12,14H2,1-4H3,(H,26,27). The van der Waals surface area contributed by atoms with Crippen LogP contribution in [0.3, 0.4) is 0 Å². The molecule has 1 N–H and O–H groups in total. The van der Waals surface area contributed by atoms with Crippen molar-refractivity contribution in [3.05, 3.63) is 46.5 Å². The summed E-state index contributed by atoms with van der Waals surface area (Å²) in [5.74, 6) is 1.89. The first-order valence-electron chi connectivity index (χ1n) is 10.9. The van der Waals surface area contributed by atoms with Crippen LogP contribution >= 0.6 is 11.3 Å². The highest BCUT2D eigenvalue weighted by Crippen LogP contribution is 2.34. The lowest BCUT2D eigenvalue weighted by Gasteiger charge is -2.14. The molecule has 2 aromatic heterocycles. The molecule has 31 heavy (non-hydrogen) atoms. The van der Waals surface area contributed by atoms with Gasteiger partial charge in [0.25, 0.3) is 0 Å². The second kappa shape index (κ2) is 10.8. The Hall–Kier alpha value is -2.38. The van der Waals surface area contributed by atoms with Crippen molar-refractivity contribution in [3.63, 3.8) is 0 Å². The number of carbonyl (C=O) groups is 1. The maximum atomic E-state index is 11.5. The Labute approximate surface area is 187 Å². The Morgan fingerprint density at radius 3 is 2.68 bits per heavy atom. The highest BCUT2D eigenvalue weighted by Gasteiger charge is 2.21. The molecule has 1 atom stereocenters. The third-order valence-corrected chi connectivity index (χ3v) is 6.54.